The van der Waals surface area contributed by atoms with Crippen LogP contribution in [0.1, 0.15) is 10.5 Å². The first kappa shape index (κ1) is 15.3. The molecule has 120 valence electrons. The number of aromatic nitrogens is 1. The van der Waals surface area contributed by atoms with E-state index in [1.165, 1.54) is 4.90 Å². The molecule has 1 saturated heterocycles. The van der Waals surface area contributed by atoms with Gasteiger partial charge in [0.25, 0.3) is 5.91 Å². The van der Waals surface area contributed by atoms with Crippen LogP contribution in [-0.2, 0) is 16.6 Å². The summed E-state index contributed by atoms with van der Waals surface area (Å²) in [5.41, 5.74) is 2.39. The molecule has 1 aromatic heterocycles. The standard InChI is InChI=1S/C17H18N2O4/c1-18-13(12-5-3-2-4-6-12)7-8-14(18)16(20)19-9-10-23-11-15(19)17(21)22/h2-8,15H,9-11H2,1H3,(H,21,22)/t15-/m0/s1. The molecule has 23 heavy (non-hydrogen) atoms. The number of amides is 1. The SMILES string of the molecule is Cn1c(C(=O)N2CCOC[C@H]2C(=O)O)ccc1-c1ccccc1. The van der Waals surface area contributed by atoms with Gasteiger partial charge in [0.05, 0.1) is 13.2 Å². The lowest BCUT2D eigenvalue weighted by molar-refractivity contribution is -0.147. The first-order chi connectivity index (χ1) is 11.1. The Kier molecular flexibility index (Phi) is 4.16. The van der Waals surface area contributed by atoms with Crippen molar-refractivity contribution in [2.24, 2.45) is 7.05 Å². The van der Waals surface area contributed by atoms with Crippen molar-refractivity contribution in [1.29, 1.82) is 0 Å². The molecule has 1 fully saturated rings. The Labute approximate surface area is 133 Å². The van der Waals surface area contributed by atoms with Crippen LogP contribution < -0.4 is 0 Å². The number of morpholine rings is 1. The largest absolute Gasteiger partial charge is 0.480 e. The molecule has 6 nitrogen and oxygen atoms in total. The highest BCUT2D eigenvalue weighted by atomic mass is 16.5. The summed E-state index contributed by atoms with van der Waals surface area (Å²) in [6, 6.07) is 12.4. The smallest absolute Gasteiger partial charge is 0.328 e. The van der Waals surface area contributed by atoms with Crippen LogP contribution in [-0.4, -0.2) is 52.3 Å². The predicted octanol–water partition coefficient (Wildman–Crippen LogP) is 1.62. The fourth-order valence-corrected chi connectivity index (χ4v) is 2.82. The van der Waals surface area contributed by atoms with Crippen LogP contribution in [0.5, 0.6) is 0 Å². The molecule has 2 aromatic rings. The fourth-order valence-electron chi connectivity index (χ4n) is 2.82. The van der Waals surface area contributed by atoms with Gasteiger partial charge in [-0.1, -0.05) is 30.3 Å². The maximum absolute atomic E-state index is 12.8. The summed E-state index contributed by atoms with van der Waals surface area (Å²) in [6.45, 7) is 0.657. The van der Waals surface area contributed by atoms with Crippen molar-refractivity contribution < 1.29 is 19.4 Å². The van der Waals surface area contributed by atoms with Crippen LogP contribution in [0.3, 0.4) is 0 Å². The Morgan fingerprint density at radius 1 is 1.17 bits per heavy atom. The topological polar surface area (TPSA) is 71.8 Å². The first-order valence-electron chi connectivity index (χ1n) is 7.42. The highest BCUT2D eigenvalue weighted by molar-refractivity contribution is 5.96. The summed E-state index contributed by atoms with van der Waals surface area (Å²) in [4.78, 5) is 25.5. The van der Waals surface area contributed by atoms with Crippen molar-refractivity contribution in [2.45, 2.75) is 6.04 Å². The number of carbonyl (C=O) groups is 2. The highest BCUT2D eigenvalue weighted by Gasteiger charge is 2.34. The number of benzene rings is 1. The molecular weight excluding hydrogens is 296 g/mol. The summed E-state index contributed by atoms with van der Waals surface area (Å²) in [6.07, 6.45) is 0. The van der Waals surface area contributed by atoms with Gasteiger partial charge in [-0.05, 0) is 17.7 Å². The van der Waals surface area contributed by atoms with Crippen LogP contribution >= 0.6 is 0 Å². The average molecular weight is 314 g/mol. The number of carboxylic acids is 1. The van der Waals surface area contributed by atoms with Crippen molar-refractivity contribution in [2.75, 3.05) is 19.8 Å². The van der Waals surface area contributed by atoms with E-state index in [0.29, 0.717) is 12.3 Å². The lowest BCUT2D eigenvalue weighted by atomic mass is 10.2. The van der Waals surface area contributed by atoms with Gasteiger partial charge in [-0.25, -0.2) is 4.79 Å². The first-order valence-corrected chi connectivity index (χ1v) is 7.42. The second kappa shape index (κ2) is 6.26. The molecule has 0 saturated carbocycles. The number of rotatable bonds is 3. The third-order valence-corrected chi connectivity index (χ3v) is 4.08. The quantitative estimate of drug-likeness (QED) is 0.934. The molecule has 0 bridgehead atoms. The van der Waals surface area contributed by atoms with Gasteiger partial charge in [-0.3, -0.25) is 4.79 Å². The van der Waals surface area contributed by atoms with Crippen molar-refractivity contribution in [3.8, 4) is 11.3 Å². The van der Waals surface area contributed by atoms with E-state index in [0.717, 1.165) is 11.3 Å². The molecule has 0 unspecified atom stereocenters. The zero-order valence-electron chi connectivity index (χ0n) is 12.8. The van der Waals surface area contributed by atoms with E-state index < -0.39 is 12.0 Å². The van der Waals surface area contributed by atoms with Crippen molar-refractivity contribution in [1.82, 2.24) is 9.47 Å². The third kappa shape index (κ3) is 2.85. The lowest BCUT2D eigenvalue weighted by Gasteiger charge is -2.32. The second-order valence-corrected chi connectivity index (χ2v) is 5.46. The Morgan fingerprint density at radius 3 is 2.61 bits per heavy atom. The van der Waals surface area contributed by atoms with E-state index in [4.69, 9.17) is 4.74 Å². The molecule has 1 aliphatic heterocycles. The molecule has 2 heterocycles. The summed E-state index contributed by atoms with van der Waals surface area (Å²) in [5, 5.41) is 9.28. The van der Waals surface area contributed by atoms with Crippen molar-refractivity contribution in [3.63, 3.8) is 0 Å². The molecule has 1 N–H and O–H groups in total. The van der Waals surface area contributed by atoms with Crippen LogP contribution in [0.2, 0.25) is 0 Å². The molecule has 0 radical (unpaired) electrons. The molecule has 1 atom stereocenters. The number of nitrogens with zero attached hydrogens (tertiary/aromatic N) is 2. The van der Waals surface area contributed by atoms with Gasteiger partial charge in [-0.15, -0.1) is 0 Å². The van der Waals surface area contributed by atoms with Crippen molar-refractivity contribution >= 4 is 11.9 Å². The third-order valence-electron chi connectivity index (χ3n) is 4.08. The maximum Gasteiger partial charge on any atom is 0.328 e. The molecule has 3 rings (SSSR count). The molecule has 1 aromatic carbocycles. The molecule has 0 aliphatic carbocycles. The van der Waals surface area contributed by atoms with Crippen LogP contribution in [0.4, 0.5) is 0 Å². The van der Waals surface area contributed by atoms with E-state index in [1.54, 1.807) is 10.6 Å². The van der Waals surface area contributed by atoms with E-state index in [9.17, 15) is 14.7 Å². The number of carboxylic acid groups (broad SMARTS) is 1. The van der Waals surface area contributed by atoms with Gasteiger partial charge in [0.15, 0.2) is 6.04 Å². The van der Waals surface area contributed by atoms with Crippen molar-refractivity contribution in [3.05, 3.63) is 48.2 Å². The summed E-state index contributed by atoms with van der Waals surface area (Å²) >= 11 is 0. The van der Waals surface area contributed by atoms with Crippen LogP contribution in [0, 0.1) is 0 Å². The summed E-state index contributed by atoms with van der Waals surface area (Å²) < 4.78 is 6.98. The Bertz CT molecular complexity index is 723. The minimum Gasteiger partial charge on any atom is -0.480 e. The number of ether oxygens (including phenoxy) is 1. The lowest BCUT2D eigenvalue weighted by Crippen LogP contribution is -2.52. The number of hydrogen-bond acceptors (Lipinski definition) is 3. The Hall–Kier alpha value is -2.60. The van der Waals surface area contributed by atoms with E-state index in [2.05, 4.69) is 0 Å². The minimum atomic E-state index is -1.05. The van der Waals surface area contributed by atoms with Gasteiger partial charge in [0.2, 0.25) is 0 Å². The molecular formula is C17H18N2O4. The molecule has 0 spiro atoms. The zero-order chi connectivity index (χ0) is 16.4. The van der Waals surface area contributed by atoms with Gasteiger partial charge < -0.3 is 19.3 Å². The number of hydrogen-bond donors (Lipinski definition) is 1. The molecule has 1 amide bonds. The van der Waals surface area contributed by atoms with Gasteiger partial charge in [0.1, 0.15) is 5.69 Å². The molecule has 1 aliphatic rings. The van der Waals surface area contributed by atoms with Gasteiger partial charge >= 0.3 is 5.97 Å². The number of carbonyl (C=O) groups excluding carboxylic acids is 1. The number of aliphatic carboxylic acids is 1. The van der Waals surface area contributed by atoms with Gasteiger partial charge in [-0.2, -0.15) is 0 Å². The minimum absolute atomic E-state index is 0.0248. The van der Waals surface area contributed by atoms with E-state index in [-0.39, 0.29) is 19.1 Å². The second-order valence-electron chi connectivity index (χ2n) is 5.46. The Morgan fingerprint density at radius 2 is 1.91 bits per heavy atom. The monoisotopic (exact) mass is 314 g/mol. The van der Waals surface area contributed by atoms with E-state index in [1.807, 2.05) is 43.4 Å². The average Bonchev–Trinajstić information content (AvgIpc) is 2.96. The normalized spacial score (nSPS) is 18.0. The fraction of sp³-hybridized carbons (Fsp3) is 0.294. The Balaban J connectivity index is 1.91. The van der Waals surface area contributed by atoms with E-state index >= 15 is 0 Å². The van der Waals surface area contributed by atoms with Crippen LogP contribution in [0.15, 0.2) is 42.5 Å². The van der Waals surface area contributed by atoms with Gasteiger partial charge in [0, 0.05) is 19.3 Å². The summed E-state index contributed by atoms with van der Waals surface area (Å²) in [7, 11) is 1.81. The summed E-state index contributed by atoms with van der Waals surface area (Å²) in [5.74, 6) is -1.33. The predicted molar refractivity (Wildman–Crippen MR) is 84.1 cm³/mol. The highest BCUT2D eigenvalue weighted by Crippen LogP contribution is 2.23. The molecule has 6 heteroatoms. The maximum atomic E-state index is 12.8. The van der Waals surface area contributed by atoms with Crippen LogP contribution in [0.25, 0.3) is 11.3 Å². The zero-order valence-corrected chi connectivity index (χ0v) is 12.8.